The molecule has 0 radical (unpaired) electrons. The van der Waals surface area contributed by atoms with E-state index in [1.54, 1.807) is 13.1 Å². The van der Waals surface area contributed by atoms with Gasteiger partial charge in [-0.1, -0.05) is 0 Å². The lowest BCUT2D eigenvalue weighted by Gasteiger charge is -2.46. The van der Waals surface area contributed by atoms with Gasteiger partial charge in [-0.25, -0.2) is 0 Å². The molecule has 1 aliphatic carbocycles. The summed E-state index contributed by atoms with van der Waals surface area (Å²) in [7, 11) is 1.73. The van der Waals surface area contributed by atoms with E-state index in [0.29, 0.717) is 18.7 Å². The van der Waals surface area contributed by atoms with Gasteiger partial charge in [0.25, 0.3) is 5.91 Å². The summed E-state index contributed by atoms with van der Waals surface area (Å²) in [5, 5.41) is 79.0. The summed E-state index contributed by atoms with van der Waals surface area (Å²) in [5.41, 5.74) is 29.8. The van der Waals surface area contributed by atoms with Crippen LogP contribution in [-0.2, 0) is 33.2 Å². The summed E-state index contributed by atoms with van der Waals surface area (Å²) in [4.78, 5) is 12.7. The van der Waals surface area contributed by atoms with Crippen LogP contribution in [0.3, 0.4) is 0 Å². The van der Waals surface area contributed by atoms with Crippen molar-refractivity contribution < 1.29 is 69.0 Å². The van der Waals surface area contributed by atoms with E-state index in [0.717, 1.165) is 0 Å². The van der Waals surface area contributed by atoms with Crippen LogP contribution in [0.1, 0.15) is 12.8 Å². The Morgan fingerprint density at radius 3 is 2.18 bits per heavy atom. The molecule has 21 heteroatoms. The molecule has 21 nitrogen and oxygen atoms in total. The molecule has 3 aliphatic heterocycles. The molecule has 0 aromatic carbocycles. The van der Waals surface area contributed by atoms with Crippen LogP contribution in [0.15, 0.2) is 11.8 Å². The number of likely N-dealkylation sites (N-methyl/N-ethyl adjacent to an activating group) is 1. The Labute approximate surface area is 282 Å². The first-order valence-electron chi connectivity index (χ1n) is 16.2. The van der Waals surface area contributed by atoms with Crippen LogP contribution in [0.2, 0.25) is 0 Å². The first kappa shape index (κ1) is 40.1. The second-order valence-corrected chi connectivity index (χ2v) is 12.7. The molecule has 49 heavy (non-hydrogen) atoms. The molecule has 0 aromatic rings. The molecule has 4 rings (SSSR count). The number of carbonyl (C=O) groups is 1. The summed E-state index contributed by atoms with van der Waals surface area (Å²) in [6, 6.07) is -4.06. The summed E-state index contributed by atoms with van der Waals surface area (Å²) in [5.74, 6) is -0.489. The minimum Gasteiger partial charge on any atom is -0.467 e. The van der Waals surface area contributed by atoms with Gasteiger partial charge in [-0.3, -0.25) is 4.79 Å². The molecule has 1 amide bonds. The highest BCUT2D eigenvalue weighted by Gasteiger charge is 2.54. The number of hydrogen-bond donors (Lipinski definition) is 14. The molecular weight excluding hydrogens is 658 g/mol. The third-order valence-corrected chi connectivity index (χ3v) is 9.13. The molecule has 4 aliphatic rings. The second-order valence-electron chi connectivity index (χ2n) is 12.7. The number of rotatable bonds is 14. The smallest absolute Gasteiger partial charge is 0.251 e. The predicted octanol–water partition coefficient (Wildman–Crippen LogP) is -8.61. The lowest BCUT2D eigenvalue weighted by atomic mass is 9.83. The van der Waals surface area contributed by atoms with E-state index in [2.05, 4.69) is 10.6 Å². The predicted molar refractivity (Wildman–Crippen MR) is 165 cm³/mol. The van der Waals surface area contributed by atoms with Crippen LogP contribution in [0.5, 0.6) is 0 Å². The Hall–Kier alpha value is -1.71. The minimum atomic E-state index is -1.91. The minimum absolute atomic E-state index is 0.101. The standard InChI is InChI=1S/C28H53N7O14/c1-34-7-9-2-3-10(31)26(44-9)47-22-11(32)4-12(35-25(43)18(39)13(37)5-29)17(38)24(22)49-28-21(42)23(15(8-36)46-28)48-27-16(33)20(41)19(40)14(6-30)45-27/h2,10-24,26-28,34,36-42H,3-8,29-33H2,1H3,(H,35,43)/t10-,11+,12-,13+,14+,15-,16-,17+,18+,19-,20-,21-,22-,23-,24-,26-,27-,28+/m1/s1. The van der Waals surface area contributed by atoms with E-state index in [4.69, 9.17) is 57.1 Å². The quantitative estimate of drug-likeness (QED) is 0.0795. The normalized spacial score (nSPS) is 44.1. The zero-order valence-corrected chi connectivity index (χ0v) is 27.1. The fraction of sp³-hybridized carbons (Fsp3) is 0.893. The van der Waals surface area contributed by atoms with Crippen molar-refractivity contribution in [3.63, 3.8) is 0 Å². The maximum Gasteiger partial charge on any atom is 0.251 e. The Morgan fingerprint density at radius 2 is 1.55 bits per heavy atom. The van der Waals surface area contributed by atoms with Crippen LogP contribution >= 0.6 is 0 Å². The topological polar surface area (TPSA) is 368 Å². The zero-order chi connectivity index (χ0) is 36.2. The van der Waals surface area contributed by atoms with Gasteiger partial charge in [0.05, 0.1) is 31.3 Å². The zero-order valence-electron chi connectivity index (χ0n) is 27.1. The summed E-state index contributed by atoms with van der Waals surface area (Å²) < 4.78 is 35.5. The maximum atomic E-state index is 12.7. The number of hydrogen-bond acceptors (Lipinski definition) is 20. The lowest BCUT2D eigenvalue weighted by Crippen LogP contribution is -2.67. The molecule has 3 fully saturated rings. The molecule has 1 saturated carbocycles. The van der Waals surface area contributed by atoms with Gasteiger partial charge in [0.2, 0.25) is 6.29 Å². The molecule has 284 valence electrons. The molecular formula is C28H53N7O14. The van der Waals surface area contributed by atoms with Crippen LogP contribution in [0.4, 0.5) is 0 Å². The fourth-order valence-electron chi connectivity index (χ4n) is 6.23. The summed E-state index contributed by atoms with van der Waals surface area (Å²) in [6.07, 6.45) is -18.0. The SMILES string of the molecule is CNCC1=CC[C@@H](N)[C@@H](O[C@H]2[C@H](O[C@@H]3O[C@H](CO)[C@@H](O[C@H]4O[C@@H](CN)[C@@H](O)[C@H](O)[C@H]4N)[C@H]3O)[C@@H](O)[C@H](NC(=O)[C@@H](O)[C@@H](O)CN)C[C@@H]2N)O1. The highest BCUT2D eigenvalue weighted by atomic mass is 16.8. The van der Waals surface area contributed by atoms with Crippen molar-refractivity contribution in [2.45, 2.75) is 123 Å². The van der Waals surface area contributed by atoms with Crippen LogP contribution in [0.25, 0.3) is 0 Å². The van der Waals surface area contributed by atoms with Gasteiger partial charge in [-0.05, 0) is 26.0 Å². The van der Waals surface area contributed by atoms with Gasteiger partial charge in [0, 0.05) is 19.1 Å². The first-order chi connectivity index (χ1) is 23.3. The van der Waals surface area contributed by atoms with Crippen molar-refractivity contribution in [2.24, 2.45) is 28.7 Å². The highest BCUT2D eigenvalue weighted by molar-refractivity contribution is 5.81. The van der Waals surface area contributed by atoms with Crippen LogP contribution in [-0.4, -0.2) is 185 Å². The molecule has 19 N–H and O–H groups in total. The van der Waals surface area contributed by atoms with Crippen molar-refractivity contribution in [1.82, 2.24) is 10.6 Å². The number of aliphatic hydroxyl groups excluding tert-OH is 7. The van der Waals surface area contributed by atoms with Crippen LogP contribution in [0, 0.1) is 0 Å². The molecule has 2 saturated heterocycles. The molecule has 0 bridgehead atoms. The Morgan fingerprint density at radius 1 is 0.898 bits per heavy atom. The Kier molecular flexibility index (Phi) is 14.5. The highest BCUT2D eigenvalue weighted by Crippen LogP contribution is 2.34. The lowest BCUT2D eigenvalue weighted by molar-refractivity contribution is -0.282. The molecule has 0 aromatic heterocycles. The van der Waals surface area contributed by atoms with Crippen LogP contribution < -0.4 is 39.3 Å². The van der Waals surface area contributed by atoms with Crippen molar-refractivity contribution >= 4 is 5.91 Å². The maximum absolute atomic E-state index is 12.7. The van der Waals surface area contributed by atoms with E-state index in [1.165, 1.54) is 0 Å². The van der Waals surface area contributed by atoms with Gasteiger partial charge in [0.1, 0.15) is 66.8 Å². The van der Waals surface area contributed by atoms with Gasteiger partial charge in [-0.2, -0.15) is 0 Å². The van der Waals surface area contributed by atoms with E-state index < -0.39 is 129 Å². The van der Waals surface area contributed by atoms with Crippen molar-refractivity contribution in [3.8, 4) is 0 Å². The molecule has 18 atom stereocenters. The summed E-state index contributed by atoms with van der Waals surface area (Å²) >= 11 is 0. The average Bonchev–Trinajstić information content (AvgIpc) is 3.38. The third-order valence-electron chi connectivity index (χ3n) is 9.13. The van der Waals surface area contributed by atoms with E-state index in [1.807, 2.05) is 0 Å². The molecule has 0 spiro atoms. The number of nitrogens with two attached hydrogens (primary N) is 5. The van der Waals surface area contributed by atoms with E-state index in [9.17, 15) is 40.5 Å². The fourth-order valence-corrected chi connectivity index (χ4v) is 6.23. The number of carbonyl (C=O) groups excluding carboxylic acids is 1. The molecule has 3 heterocycles. The number of ether oxygens (including phenoxy) is 6. The summed E-state index contributed by atoms with van der Waals surface area (Å²) in [6.45, 7) is -0.915. The number of aliphatic hydroxyl groups is 7. The Balaban J connectivity index is 1.56. The van der Waals surface area contributed by atoms with Crippen molar-refractivity contribution in [3.05, 3.63) is 11.8 Å². The number of nitrogens with one attached hydrogen (secondary N) is 2. The average molecular weight is 712 g/mol. The third kappa shape index (κ3) is 9.03. The monoisotopic (exact) mass is 711 g/mol. The van der Waals surface area contributed by atoms with Gasteiger partial charge in [-0.15, -0.1) is 0 Å². The Bertz CT molecular complexity index is 1100. The second kappa shape index (κ2) is 17.7. The molecule has 0 unspecified atom stereocenters. The van der Waals surface area contributed by atoms with E-state index in [-0.39, 0.29) is 13.0 Å². The largest absolute Gasteiger partial charge is 0.467 e. The van der Waals surface area contributed by atoms with Gasteiger partial charge >= 0.3 is 0 Å². The van der Waals surface area contributed by atoms with Crippen molar-refractivity contribution in [1.29, 1.82) is 0 Å². The van der Waals surface area contributed by atoms with Gasteiger partial charge < -0.3 is 103 Å². The van der Waals surface area contributed by atoms with Crippen molar-refractivity contribution in [2.75, 3.05) is 33.3 Å². The van der Waals surface area contributed by atoms with Gasteiger partial charge in [0.15, 0.2) is 18.7 Å². The number of amides is 1. The van der Waals surface area contributed by atoms with E-state index >= 15 is 0 Å². The first-order valence-corrected chi connectivity index (χ1v) is 16.2.